The summed E-state index contributed by atoms with van der Waals surface area (Å²) in [6.07, 6.45) is -5.08. The van der Waals surface area contributed by atoms with E-state index in [1.165, 1.54) is 0 Å². The maximum absolute atomic E-state index is 10.6. The van der Waals surface area contributed by atoms with E-state index in [1.807, 2.05) is 0 Å². The molecule has 6 nitrogen and oxygen atoms in total. The van der Waals surface area contributed by atoms with Gasteiger partial charge in [0.25, 0.3) is 0 Å². The summed E-state index contributed by atoms with van der Waals surface area (Å²) in [5.41, 5.74) is 13.0. The van der Waals surface area contributed by atoms with Gasteiger partial charge in [-0.3, -0.25) is 0 Å². The minimum absolute atomic E-state index is 0.363. The molecule has 10 heteroatoms. The number of nitrogens with zero attached hydrogens (tertiary/aromatic N) is 1. The van der Waals surface area contributed by atoms with Gasteiger partial charge in [0.15, 0.2) is 0 Å². The van der Waals surface area contributed by atoms with Crippen molar-refractivity contribution in [2.24, 2.45) is 0 Å². The van der Waals surface area contributed by atoms with Gasteiger partial charge in [-0.25, -0.2) is 9.78 Å². The Morgan fingerprint density at radius 3 is 2.12 bits per heavy atom. The van der Waals surface area contributed by atoms with Gasteiger partial charge in [0, 0.05) is 10.6 Å². The van der Waals surface area contributed by atoms with Gasteiger partial charge in [0.1, 0.15) is 17.4 Å². The largest absolute Gasteiger partial charge is 0.496 e. The normalized spacial score (nSPS) is 10.5. The van der Waals surface area contributed by atoms with Crippen molar-refractivity contribution in [1.29, 1.82) is 0 Å². The van der Waals surface area contributed by atoms with Crippen molar-refractivity contribution in [2.75, 3.05) is 18.6 Å². The average Bonchev–Trinajstić information content (AvgIpc) is 2.45. The summed E-state index contributed by atoms with van der Waals surface area (Å²) in [7, 11) is 1.60. The number of anilines is 2. The van der Waals surface area contributed by atoms with Crippen LogP contribution in [0.1, 0.15) is 0 Å². The van der Waals surface area contributed by atoms with E-state index in [4.69, 9.17) is 37.7 Å². The van der Waals surface area contributed by atoms with Crippen molar-refractivity contribution in [2.45, 2.75) is 6.18 Å². The molecule has 1 aromatic heterocycles. The fourth-order valence-electron chi connectivity index (χ4n) is 1.64. The van der Waals surface area contributed by atoms with E-state index < -0.39 is 12.1 Å². The fourth-order valence-corrected chi connectivity index (χ4v) is 1.81. The molecule has 5 N–H and O–H groups in total. The summed E-state index contributed by atoms with van der Waals surface area (Å²) in [4.78, 5) is 12.8. The lowest BCUT2D eigenvalue weighted by Crippen LogP contribution is -2.21. The summed E-state index contributed by atoms with van der Waals surface area (Å²) in [5.74, 6) is -1.32. The van der Waals surface area contributed by atoms with Crippen molar-refractivity contribution in [3.63, 3.8) is 0 Å². The van der Waals surface area contributed by atoms with E-state index in [9.17, 15) is 13.2 Å². The van der Waals surface area contributed by atoms with Crippen LogP contribution in [0.2, 0.25) is 5.02 Å². The van der Waals surface area contributed by atoms with Crippen molar-refractivity contribution in [1.82, 2.24) is 4.98 Å². The van der Waals surface area contributed by atoms with Crippen LogP contribution in [0.15, 0.2) is 30.3 Å². The van der Waals surface area contributed by atoms with E-state index in [2.05, 4.69) is 4.98 Å². The number of carboxylic acids is 1. The zero-order valence-corrected chi connectivity index (χ0v) is 13.0. The molecule has 0 aliphatic carbocycles. The predicted molar refractivity (Wildman–Crippen MR) is 83.8 cm³/mol. The number of nitrogen functional groups attached to an aromatic ring is 2. The Bertz CT molecular complexity index is 719. The molecule has 0 bridgehead atoms. The highest BCUT2D eigenvalue weighted by Gasteiger charge is 2.38. The molecule has 0 saturated carbocycles. The zero-order valence-electron chi connectivity index (χ0n) is 12.3. The topological polar surface area (TPSA) is 111 Å². The molecule has 0 aliphatic rings. The van der Waals surface area contributed by atoms with E-state index in [-0.39, 0.29) is 0 Å². The maximum Gasteiger partial charge on any atom is 0.490 e. The number of hydrogen-bond donors (Lipinski definition) is 3. The van der Waals surface area contributed by atoms with Gasteiger partial charge in [-0.15, -0.1) is 0 Å². The SMILES string of the molecule is COc1ccc(Cl)cc1-c1cc(N)nc(N)c1.O=C(O)C(F)(F)F. The summed E-state index contributed by atoms with van der Waals surface area (Å²) in [6.45, 7) is 0. The highest BCUT2D eigenvalue weighted by Crippen LogP contribution is 2.33. The number of carbonyl (C=O) groups is 1. The summed E-state index contributed by atoms with van der Waals surface area (Å²) in [6, 6.07) is 8.81. The average molecular weight is 364 g/mol. The molecule has 0 spiro atoms. The molecule has 0 amide bonds. The predicted octanol–water partition coefficient (Wildman–Crippen LogP) is 3.21. The molecule has 1 aromatic carbocycles. The molecule has 0 fully saturated rings. The van der Waals surface area contributed by atoms with Crippen LogP contribution < -0.4 is 16.2 Å². The third-order valence-electron chi connectivity index (χ3n) is 2.58. The van der Waals surface area contributed by atoms with Crippen LogP contribution in [0.4, 0.5) is 24.8 Å². The van der Waals surface area contributed by atoms with E-state index in [1.54, 1.807) is 37.4 Å². The number of hydrogen-bond acceptors (Lipinski definition) is 5. The van der Waals surface area contributed by atoms with Crippen LogP contribution in [-0.2, 0) is 4.79 Å². The molecule has 130 valence electrons. The van der Waals surface area contributed by atoms with Crippen molar-refractivity contribution in [3.05, 3.63) is 35.4 Å². The molecular weight excluding hydrogens is 351 g/mol. The van der Waals surface area contributed by atoms with Crippen molar-refractivity contribution in [3.8, 4) is 16.9 Å². The van der Waals surface area contributed by atoms with Gasteiger partial charge in [-0.2, -0.15) is 13.2 Å². The first-order valence-corrected chi connectivity index (χ1v) is 6.59. The second-order valence-electron chi connectivity index (χ2n) is 4.35. The lowest BCUT2D eigenvalue weighted by atomic mass is 10.1. The zero-order chi connectivity index (χ0) is 18.5. The highest BCUT2D eigenvalue weighted by molar-refractivity contribution is 6.31. The second kappa shape index (κ2) is 7.73. The third-order valence-corrected chi connectivity index (χ3v) is 2.82. The Labute approximate surface area is 139 Å². The van der Waals surface area contributed by atoms with Crippen LogP contribution in [-0.4, -0.2) is 29.3 Å². The van der Waals surface area contributed by atoms with Crippen LogP contribution in [0.3, 0.4) is 0 Å². The smallest absolute Gasteiger partial charge is 0.490 e. The number of benzene rings is 1. The molecule has 0 aliphatic heterocycles. The van der Waals surface area contributed by atoms with Crippen molar-refractivity contribution < 1.29 is 27.8 Å². The number of aliphatic carboxylic acids is 1. The lowest BCUT2D eigenvalue weighted by Gasteiger charge is -2.10. The number of ether oxygens (including phenoxy) is 1. The van der Waals surface area contributed by atoms with Crippen LogP contribution in [0.5, 0.6) is 5.75 Å². The number of aromatic nitrogens is 1. The summed E-state index contributed by atoms with van der Waals surface area (Å²) < 4.78 is 37.0. The van der Waals surface area contributed by atoms with Crippen molar-refractivity contribution >= 4 is 29.2 Å². The Kier molecular flexibility index (Phi) is 6.24. The molecule has 0 unspecified atom stereocenters. The molecule has 2 aromatic rings. The van der Waals surface area contributed by atoms with E-state index in [0.29, 0.717) is 22.4 Å². The lowest BCUT2D eigenvalue weighted by molar-refractivity contribution is -0.192. The highest BCUT2D eigenvalue weighted by atomic mass is 35.5. The van der Waals surface area contributed by atoms with Gasteiger partial charge in [0.2, 0.25) is 0 Å². The number of halogens is 4. The van der Waals surface area contributed by atoms with Gasteiger partial charge >= 0.3 is 12.1 Å². The minimum Gasteiger partial charge on any atom is -0.496 e. The summed E-state index contributed by atoms with van der Waals surface area (Å²) in [5, 5.41) is 7.75. The second-order valence-corrected chi connectivity index (χ2v) is 4.79. The monoisotopic (exact) mass is 363 g/mol. The number of alkyl halides is 3. The molecule has 0 atom stereocenters. The van der Waals surface area contributed by atoms with Gasteiger partial charge in [-0.1, -0.05) is 11.6 Å². The van der Waals surface area contributed by atoms with Gasteiger partial charge in [0.05, 0.1) is 7.11 Å². The van der Waals surface area contributed by atoms with E-state index in [0.717, 1.165) is 11.1 Å². The van der Waals surface area contributed by atoms with Crippen LogP contribution in [0, 0.1) is 0 Å². The molecule has 0 saturated heterocycles. The molecule has 24 heavy (non-hydrogen) atoms. The number of carboxylic acid groups (broad SMARTS) is 1. The summed E-state index contributed by atoms with van der Waals surface area (Å²) >= 11 is 5.97. The Hall–Kier alpha value is -2.68. The fraction of sp³-hybridized carbons (Fsp3) is 0.143. The first kappa shape index (κ1) is 19.4. The number of nitrogens with two attached hydrogens (primary N) is 2. The molecule has 2 rings (SSSR count). The standard InChI is InChI=1S/C12H12ClN3O.C2HF3O2/c1-17-10-3-2-8(13)6-9(10)7-4-11(14)16-12(15)5-7;3-2(4,5)1(6)7/h2-6H,1H3,(H4,14,15,16);(H,6,7). The van der Waals surface area contributed by atoms with Gasteiger partial charge in [-0.05, 0) is 35.9 Å². The maximum atomic E-state index is 10.6. The number of methoxy groups -OCH3 is 1. The molecule has 0 radical (unpaired) electrons. The number of pyridine rings is 1. The van der Waals surface area contributed by atoms with Crippen LogP contribution >= 0.6 is 11.6 Å². The Morgan fingerprint density at radius 2 is 1.71 bits per heavy atom. The first-order valence-electron chi connectivity index (χ1n) is 6.21. The Balaban J connectivity index is 0.000000351. The third kappa shape index (κ3) is 5.51. The first-order chi connectivity index (χ1) is 11.0. The van der Waals surface area contributed by atoms with E-state index >= 15 is 0 Å². The van der Waals surface area contributed by atoms with Crippen LogP contribution in [0.25, 0.3) is 11.1 Å². The number of rotatable bonds is 2. The molecular formula is C14H13ClF3N3O3. The molecule has 1 heterocycles. The quantitative estimate of drug-likeness (QED) is 0.755. The van der Waals surface area contributed by atoms with Gasteiger partial charge < -0.3 is 21.3 Å². The Morgan fingerprint density at radius 1 is 1.21 bits per heavy atom. The minimum atomic E-state index is -5.08.